The topological polar surface area (TPSA) is 6.48 Å². The highest BCUT2D eigenvalue weighted by molar-refractivity contribution is 5.04. The summed E-state index contributed by atoms with van der Waals surface area (Å²) >= 11 is 0. The number of piperidine rings is 1. The number of nitrogens with zero attached hydrogens (tertiary/aromatic N) is 2. The monoisotopic (exact) mass is 180 g/mol. The highest BCUT2D eigenvalue weighted by Crippen LogP contribution is 2.21. The van der Waals surface area contributed by atoms with E-state index >= 15 is 0 Å². The number of hydrogen-bond acceptors (Lipinski definition) is 2. The standard InChI is InChI=1S/C11H20N2/c1-12-7-5-6-11(10-12)13-8-3-2-4-9-13/h10H,2-9H2,1H3. The Labute approximate surface area is 81.2 Å². The first kappa shape index (κ1) is 8.92. The van der Waals surface area contributed by atoms with E-state index in [2.05, 4.69) is 23.0 Å². The lowest BCUT2D eigenvalue weighted by Crippen LogP contribution is -2.32. The number of rotatable bonds is 1. The predicted octanol–water partition coefficient (Wildman–Crippen LogP) is 2.04. The SMILES string of the molecule is CN1C=C(N2CCCCC2)CCC1. The minimum absolute atomic E-state index is 1.23. The van der Waals surface area contributed by atoms with E-state index in [4.69, 9.17) is 0 Å². The van der Waals surface area contributed by atoms with Crippen molar-refractivity contribution in [3.8, 4) is 0 Å². The van der Waals surface area contributed by atoms with E-state index in [0.717, 1.165) is 0 Å². The molecule has 0 bridgehead atoms. The zero-order valence-corrected chi connectivity index (χ0v) is 8.63. The summed E-state index contributed by atoms with van der Waals surface area (Å²) in [6.07, 6.45) is 9.18. The Kier molecular flexibility index (Phi) is 2.77. The average molecular weight is 180 g/mol. The fourth-order valence-electron chi connectivity index (χ4n) is 2.31. The summed E-state index contributed by atoms with van der Waals surface area (Å²) < 4.78 is 0. The first-order valence-corrected chi connectivity index (χ1v) is 5.52. The third-order valence-corrected chi connectivity index (χ3v) is 3.08. The Morgan fingerprint density at radius 1 is 1.00 bits per heavy atom. The summed E-state index contributed by atoms with van der Waals surface area (Å²) in [7, 11) is 2.18. The second-order valence-corrected chi connectivity index (χ2v) is 4.25. The van der Waals surface area contributed by atoms with Crippen LogP contribution in [0.2, 0.25) is 0 Å². The number of hydrogen-bond donors (Lipinski definition) is 0. The van der Waals surface area contributed by atoms with Crippen molar-refractivity contribution >= 4 is 0 Å². The van der Waals surface area contributed by atoms with E-state index in [1.165, 1.54) is 51.7 Å². The van der Waals surface area contributed by atoms with Crippen LogP contribution in [0.15, 0.2) is 11.9 Å². The van der Waals surface area contributed by atoms with Crippen LogP contribution in [0.3, 0.4) is 0 Å². The van der Waals surface area contributed by atoms with Gasteiger partial charge >= 0.3 is 0 Å². The Morgan fingerprint density at radius 2 is 1.77 bits per heavy atom. The largest absolute Gasteiger partial charge is 0.379 e. The minimum atomic E-state index is 1.23. The van der Waals surface area contributed by atoms with Crippen LogP contribution in [0.25, 0.3) is 0 Å². The molecule has 2 heterocycles. The Morgan fingerprint density at radius 3 is 2.46 bits per heavy atom. The highest BCUT2D eigenvalue weighted by Gasteiger charge is 2.15. The molecular formula is C11H20N2. The summed E-state index contributed by atoms with van der Waals surface area (Å²) in [5.74, 6) is 0. The van der Waals surface area contributed by atoms with Crippen LogP contribution in [0.4, 0.5) is 0 Å². The summed E-state index contributed by atoms with van der Waals surface area (Å²) in [5.41, 5.74) is 1.58. The Hall–Kier alpha value is -0.660. The molecule has 2 rings (SSSR count). The number of likely N-dealkylation sites (tertiary alicyclic amines) is 1. The van der Waals surface area contributed by atoms with Gasteiger partial charge in [0.25, 0.3) is 0 Å². The zero-order chi connectivity index (χ0) is 9.10. The van der Waals surface area contributed by atoms with Gasteiger partial charge in [-0.25, -0.2) is 0 Å². The van der Waals surface area contributed by atoms with Crippen LogP contribution in [-0.2, 0) is 0 Å². The van der Waals surface area contributed by atoms with Crippen LogP contribution >= 0.6 is 0 Å². The molecule has 13 heavy (non-hydrogen) atoms. The summed E-state index contributed by atoms with van der Waals surface area (Å²) in [6, 6.07) is 0. The highest BCUT2D eigenvalue weighted by atomic mass is 15.2. The lowest BCUT2D eigenvalue weighted by molar-refractivity contribution is 0.254. The van der Waals surface area contributed by atoms with Crippen LogP contribution in [0.5, 0.6) is 0 Å². The van der Waals surface area contributed by atoms with Crippen LogP contribution in [-0.4, -0.2) is 36.5 Å². The first-order chi connectivity index (χ1) is 6.36. The van der Waals surface area contributed by atoms with Crippen LogP contribution < -0.4 is 0 Å². The molecule has 2 nitrogen and oxygen atoms in total. The van der Waals surface area contributed by atoms with Gasteiger partial charge in [-0.3, -0.25) is 0 Å². The molecule has 0 saturated carbocycles. The van der Waals surface area contributed by atoms with Crippen molar-refractivity contribution in [1.29, 1.82) is 0 Å². The summed E-state index contributed by atoms with van der Waals surface area (Å²) in [6.45, 7) is 3.82. The van der Waals surface area contributed by atoms with Crippen molar-refractivity contribution in [1.82, 2.24) is 9.80 Å². The maximum absolute atomic E-state index is 2.58. The molecule has 0 aromatic carbocycles. The Balaban J connectivity index is 1.97. The van der Waals surface area contributed by atoms with Gasteiger partial charge in [0.2, 0.25) is 0 Å². The molecule has 1 saturated heterocycles. The van der Waals surface area contributed by atoms with Gasteiger partial charge in [0, 0.05) is 38.6 Å². The van der Waals surface area contributed by atoms with Gasteiger partial charge in [-0.05, 0) is 32.1 Å². The van der Waals surface area contributed by atoms with E-state index in [1.54, 1.807) is 5.70 Å². The van der Waals surface area contributed by atoms with Crippen molar-refractivity contribution in [2.24, 2.45) is 0 Å². The van der Waals surface area contributed by atoms with Gasteiger partial charge in [-0.2, -0.15) is 0 Å². The van der Waals surface area contributed by atoms with Gasteiger partial charge in [-0.1, -0.05) is 0 Å². The normalized spacial score (nSPS) is 24.5. The molecule has 0 aliphatic carbocycles. The molecule has 0 amide bonds. The smallest absolute Gasteiger partial charge is 0.0295 e. The summed E-state index contributed by atoms with van der Waals surface area (Å²) in [4.78, 5) is 4.91. The van der Waals surface area contributed by atoms with E-state index in [1.807, 2.05) is 0 Å². The van der Waals surface area contributed by atoms with Gasteiger partial charge in [-0.15, -0.1) is 0 Å². The molecule has 0 aromatic heterocycles. The van der Waals surface area contributed by atoms with Crippen LogP contribution in [0.1, 0.15) is 32.1 Å². The van der Waals surface area contributed by atoms with Gasteiger partial charge in [0.05, 0.1) is 0 Å². The van der Waals surface area contributed by atoms with E-state index in [9.17, 15) is 0 Å². The molecule has 2 aliphatic rings. The minimum Gasteiger partial charge on any atom is -0.379 e. The van der Waals surface area contributed by atoms with Crippen molar-refractivity contribution in [3.05, 3.63) is 11.9 Å². The zero-order valence-electron chi connectivity index (χ0n) is 8.63. The fourth-order valence-corrected chi connectivity index (χ4v) is 2.31. The van der Waals surface area contributed by atoms with Crippen molar-refractivity contribution in [2.45, 2.75) is 32.1 Å². The van der Waals surface area contributed by atoms with E-state index in [-0.39, 0.29) is 0 Å². The second-order valence-electron chi connectivity index (χ2n) is 4.25. The number of allylic oxidation sites excluding steroid dienone is 1. The maximum atomic E-state index is 2.58. The molecule has 0 aromatic rings. The Bertz CT molecular complexity index is 192. The van der Waals surface area contributed by atoms with Gasteiger partial charge < -0.3 is 9.80 Å². The molecule has 0 atom stereocenters. The van der Waals surface area contributed by atoms with Gasteiger partial charge in [0.15, 0.2) is 0 Å². The third-order valence-electron chi connectivity index (χ3n) is 3.08. The average Bonchev–Trinajstić information content (AvgIpc) is 2.19. The lowest BCUT2D eigenvalue weighted by Gasteiger charge is -2.34. The lowest BCUT2D eigenvalue weighted by atomic mass is 10.1. The quantitative estimate of drug-likeness (QED) is 0.609. The second kappa shape index (κ2) is 4.03. The molecule has 0 N–H and O–H groups in total. The molecular weight excluding hydrogens is 160 g/mol. The van der Waals surface area contributed by atoms with E-state index in [0.29, 0.717) is 0 Å². The third kappa shape index (κ3) is 2.17. The molecule has 0 radical (unpaired) electrons. The molecule has 0 unspecified atom stereocenters. The van der Waals surface area contributed by atoms with Crippen molar-refractivity contribution in [2.75, 3.05) is 26.7 Å². The van der Waals surface area contributed by atoms with E-state index < -0.39 is 0 Å². The molecule has 0 spiro atoms. The predicted molar refractivity (Wildman–Crippen MR) is 55.4 cm³/mol. The molecule has 2 aliphatic heterocycles. The summed E-state index contributed by atoms with van der Waals surface area (Å²) in [5, 5.41) is 0. The van der Waals surface area contributed by atoms with Gasteiger partial charge in [0.1, 0.15) is 0 Å². The fraction of sp³-hybridized carbons (Fsp3) is 0.818. The molecule has 74 valence electrons. The molecule has 1 fully saturated rings. The van der Waals surface area contributed by atoms with Crippen molar-refractivity contribution in [3.63, 3.8) is 0 Å². The maximum Gasteiger partial charge on any atom is 0.0295 e. The first-order valence-electron chi connectivity index (χ1n) is 5.52. The van der Waals surface area contributed by atoms with Crippen LogP contribution in [0, 0.1) is 0 Å². The molecule has 2 heteroatoms. The van der Waals surface area contributed by atoms with Crippen molar-refractivity contribution < 1.29 is 0 Å².